The van der Waals surface area contributed by atoms with E-state index in [0.29, 0.717) is 11.4 Å². The summed E-state index contributed by atoms with van der Waals surface area (Å²) >= 11 is 0. The number of amides is 1. The molecule has 0 aliphatic rings. The van der Waals surface area contributed by atoms with Crippen LogP contribution < -0.4 is 15.7 Å². The lowest BCUT2D eigenvalue weighted by Gasteiger charge is -2.04. The van der Waals surface area contributed by atoms with Crippen molar-refractivity contribution in [3.8, 4) is 5.75 Å². The summed E-state index contributed by atoms with van der Waals surface area (Å²) in [6.45, 7) is 0. The summed E-state index contributed by atoms with van der Waals surface area (Å²) in [5.41, 5.74) is 0.155. The first kappa shape index (κ1) is 11.9. The van der Waals surface area contributed by atoms with Gasteiger partial charge in [0.25, 0.3) is 5.91 Å². The van der Waals surface area contributed by atoms with E-state index in [1.165, 1.54) is 7.05 Å². The van der Waals surface area contributed by atoms with Crippen LogP contribution in [-0.2, 0) is 7.05 Å². The Hall–Kier alpha value is -2.57. The molecule has 1 aromatic heterocycles. The fourth-order valence-electron chi connectivity index (χ4n) is 1.37. The maximum absolute atomic E-state index is 11.7. The minimum Gasteiger partial charge on any atom is -0.497 e. The topological polar surface area (TPSA) is 89.0 Å². The molecule has 2 aromatic rings. The molecule has 2 N–H and O–H groups in total. The second kappa shape index (κ2) is 4.74. The molecule has 0 spiro atoms. The van der Waals surface area contributed by atoms with Gasteiger partial charge in [0.15, 0.2) is 0 Å². The molecule has 18 heavy (non-hydrogen) atoms. The Balaban J connectivity index is 2.13. The van der Waals surface area contributed by atoms with E-state index in [0.717, 1.165) is 4.68 Å². The van der Waals surface area contributed by atoms with E-state index < -0.39 is 11.6 Å². The second-order valence-electron chi connectivity index (χ2n) is 3.58. The summed E-state index contributed by atoms with van der Waals surface area (Å²) in [7, 11) is 3.02. The van der Waals surface area contributed by atoms with E-state index >= 15 is 0 Å². The van der Waals surface area contributed by atoms with Crippen molar-refractivity contribution >= 4 is 11.6 Å². The summed E-state index contributed by atoms with van der Waals surface area (Å²) in [5, 5.41) is 6.36. The molecule has 1 amide bonds. The molecule has 2 rings (SSSR count). The van der Waals surface area contributed by atoms with Gasteiger partial charge >= 0.3 is 5.69 Å². The Morgan fingerprint density at radius 1 is 1.39 bits per heavy atom. The summed E-state index contributed by atoms with van der Waals surface area (Å²) in [5.74, 6) is 0.190. The minimum absolute atomic E-state index is 0.0293. The van der Waals surface area contributed by atoms with Crippen LogP contribution in [0.15, 0.2) is 29.1 Å². The van der Waals surface area contributed by atoms with Gasteiger partial charge in [0.05, 0.1) is 7.11 Å². The number of rotatable bonds is 3. The molecule has 1 heterocycles. The predicted molar refractivity (Wildman–Crippen MR) is 64.8 cm³/mol. The van der Waals surface area contributed by atoms with Crippen molar-refractivity contribution < 1.29 is 9.53 Å². The number of ether oxygens (including phenoxy) is 1. The molecular weight excluding hydrogens is 236 g/mol. The average Bonchev–Trinajstić information content (AvgIpc) is 2.71. The van der Waals surface area contributed by atoms with Crippen molar-refractivity contribution in [2.45, 2.75) is 0 Å². The van der Waals surface area contributed by atoms with Crippen molar-refractivity contribution in [3.63, 3.8) is 0 Å². The third-order valence-corrected chi connectivity index (χ3v) is 2.33. The molecule has 0 saturated carbocycles. The minimum atomic E-state index is -0.474. The number of hydrogen-bond acceptors (Lipinski definition) is 4. The highest BCUT2D eigenvalue weighted by Crippen LogP contribution is 2.15. The lowest BCUT2D eigenvalue weighted by Crippen LogP contribution is -2.15. The molecule has 0 radical (unpaired) electrons. The summed E-state index contributed by atoms with van der Waals surface area (Å²) in [4.78, 5) is 25.2. The van der Waals surface area contributed by atoms with Crippen molar-refractivity contribution in [2.75, 3.05) is 12.4 Å². The highest BCUT2D eigenvalue weighted by Gasteiger charge is 2.11. The van der Waals surface area contributed by atoms with Crippen LogP contribution in [0.4, 0.5) is 5.69 Å². The van der Waals surface area contributed by atoms with Crippen LogP contribution in [0.2, 0.25) is 0 Å². The molecular formula is C11H12N4O3. The van der Waals surface area contributed by atoms with E-state index in [9.17, 15) is 9.59 Å². The molecule has 1 aromatic carbocycles. The third-order valence-electron chi connectivity index (χ3n) is 2.33. The van der Waals surface area contributed by atoms with E-state index in [4.69, 9.17) is 4.74 Å². The molecule has 7 nitrogen and oxygen atoms in total. The van der Waals surface area contributed by atoms with Gasteiger partial charge in [0.1, 0.15) is 5.75 Å². The zero-order valence-electron chi connectivity index (χ0n) is 9.93. The number of carbonyl (C=O) groups is 1. The Bertz CT molecular complexity index is 612. The number of aromatic amines is 1. The van der Waals surface area contributed by atoms with Gasteiger partial charge in [-0.15, -0.1) is 5.10 Å². The lowest BCUT2D eigenvalue weighted by molar-refractivity contribution is 0.101. The highest BCUT2D eigenvalue weighted by molar-refractivity contribution is 6.01. The normalized spacial score (nSPS) is 10.1. The molecule has 0 saturated heterocycles. The van der Waals surface area contributed by atoms with Crippen LogP contribution in [-0.4, -0.2) is 27.8 Å². The van der Waals surface area contributed by atoms with Crippen molar-refractivity contribution in [3.05, 3.63) is 40.6 Å². The van der Waals surface area contributed by atoms with Crippen molar-refractivity contribution in [2.24, 2.45) is 7.05 Å². The monoisotopic (exact) mass is 248 g/mol. The van der Waals surface area contributed by atoms with E-state index in [1.807, 2.05) is 0 Å². The first-order chi connectivity index (χ1) is 8.60. The highest BCUT2D eigenvalue weighted by atomic mass is 16.5. The average molecular weight is 248 g/mol. The first-order valence-electron chi connectivity index (χ1n) is 5.19. The molecule has 0 fully saturated rings. The molecule has 0 atom stereocenters. The van der Waals surface area contributed by atoms with Crippen molar-refractivity contribution in [1.82, 2.24) is 14.8 Å². The summed E-state index contributed by atoms with van der Waals surface area (Å²) < 4.78 is 6.06. The Labute approximate surface area is 102 Å². The number of carbonyl (C=O) groups excluding carboxylic acids is 1. The fourth-order valence-corrected chi connectivity index (χ4v) is 1.37. The molecule has 94 valence electrons. The number of nitrogens with zero attached hydrogens (tertiary/aromatic N) is 2. The van der Waals surface area contributed by atoms with Gasteiger partial charge in [0, 0.05) is 12.7 Å². The standard InChI is InChI=1S/C11H12N4O3/c1-15-11(17)13-9(14-15)10(16)12-7-3-5-8(18-2)6-4-7/h3-6H,1-2H3,(H,12,16)(H,13,14,17). The number of aromatic nitrogens is 3. The van der Waals surface area contributed by atoms with Crippen LogP contribution in [0, 0.1) is 0 Å². The van der Waals surface area contributed by atoms with E-state index in [-0.39, 0.29) is 5.82 Å². The van der Waals surface area contributed by atoms with Gasteiger partial charge < -0.3 is 10.1 Å². The van der Waals surface area contributed by atoms with E-state index in [1.54, 1.807) is 31.4 Å². The SMILES string of the molecule is COc1ccc(NC(=O)c2nn(C)c(=O)[nH]2)cc1. The zero-order valence-corrected chi connectivity index (χ0v) is 9.93. The van der Waals surface area contributed by atoms with Crippen molar-refractivity contribution in [1.29, 1.82) is 0 Å². The number of nitrogens with one attached hydrogen (secondary N) is 2. The van der Waals surface area contributed by atoms with Gasteiger partial charge in [-0.25, -0.2) is 9.48 Å². The summed E-state index contributed by atoms with van der Waals surface area (Å²) in [6.07, 6.45) is 0. The summed E-state index contributed by atoms with van der Waals surface area (Å²) in [6, 6.07) is 6.82. The first-order valence-corrected chi connectivity index (χ1v) is 5.19. The number of anilines is 1. The number of hydrogen-bond donors (Lipinski definition) is 2. The molecule has 0 unspecified atom stereocenters. The van der Waals surface area contributed by atoms with Gasteiger partial charge in [-0.3, -0.25) is 9.78 Å². The Morgan fingerprint density at radius 3 is 2.56 bits per heavy atom. The van der Waals surface area contributed by atoms with Gasteiger partial charge in [-0.05, 0) is 24.3 Å². The Kier molecular flexibility index (Phi) is 3.13. The molecule has 0 aliphatic carbocycles. The van der Waals surface area contributed by atoms with Crippen LogP contribution in [0.1, 0.15) is 10.6 Å². The lowest BCUT2D eigenvalue weighted by atomic mass is 10.3. The maximum Gasteiger partial charge on any atom is 0.343 e. The number of aryl methyl sites for hydroxylation is 1. The molecule has 0 bridgehead atoms. The zero-order chi connectivity index (χ0) is 13.1. The van der Waals surface area contributed by atoms with Crippen LogP contribution in [0.5, 0.6) is 5.75 Å². The largest absolute Gasteiger partial charge is 0.497 e. The van der Waals surface area contributed by atoms with Crippen LogP contribution in [0.25, 0.3) is 0 Å². The quantitative estimate of drug-likeness (QED) is 0.821. The van der Waals surface area contributed by atoms with Crippen LogP contribution in [0.3, 0.4) is 0 Å². The van der Waals surface area contributed by atoms with Gasteiger partial charge in [-0.2, -0.15) is 0 Å². The van der Waals surface area contributed by atoms with Gasteiger partial charge in [0.2, 0.25) is 5.82 Å². The van der Waals surface area contributed by atoms with E-state index in [2.05, 4.69) is 15.4 Å². The smallest absolute Gasteiger partial charge is 0.343 e. The number of methoxy groups -OCH3 is 1. The number of H-pyrrole nitrogens is 1. The Morgan fingerprint density at radius 2 is 2.06 bits per heavy atom. The van der Waals surface area contributed by atoms with Gasteiger partial charge in [-0.1, -0.05) is 0 Å². The fraction of sp³-hybridized carbons (Fsp3) is 0.182. The number of benzene rings is 1. The third kappa shape index (κ3) is 2.40. The maximum atomic E-state index is 11.7. The predicted octanol–water partition coefficient (Wildman–Crippen LogP) is 0.369. The second-order valence-corrected chi connectivity index (χ2v) is 3.58. The molecule has 7 heteroatoms. The molecule has 0 aliphatic heterocycles. The van der Waals surface area contributed by atoms with Crippen LogP contribution >= 0.6 is 0 Å².